The quantitative estimate of drug-likeness (QED) is 0.128. The highest BCUT2D eigenvalue weighted by Crippen LogP contribution is 2.33. The van der Waals surface area contributed by atoms with Gasteiger partial charge in [-0.3, -0.25) is 20.3 Å². The standard InChI is InChI=1S/C25H25N5O6S2/c1-2-3-4-5-6-15-22-28-29-23(26)18(24(31)27-25(29)37-22)16-17-11-7-9-13-20(17)36-38(34,35)21-14-10-8-12-19(21)30(32)33/h7-14,16,26H,2-6,15H2,1H3/b18-16+,26-23?. The maximum atomic E-state index is 12.9. The second-order valence-corrected chi connectivity index (χ2v) is 11.0. The largest absolute Gasteiger partial charge is 0.378 e. The van der Waals surface area contributed by atoms with E-state index in [1.807, 2.05) is 0 Å². The van der Waals surface area contributed by atoms with Gasteiger partial charge in [-0.2, -0.15) is 23.5 Å². The Morgan fingerprint density at radius 3 is 2.58 bits per heavy atom. The first-order valence-electron chi connectivity index (χ1n) is 12.0. The van der Waals surface area contributed by atoms with E-state index < -0.39 is 31.5 Å². The van der Waals surface area contributed by atoms with Crippen LogP contribution in [0.15, 0.2) is 69.1 Å². The molecule has 0 saturated carbocycles. The van der Waals surface area contributed by atoms with Gasteiger partial charge in [0.05, 0.1) is 10.5 Å². The Morgan fingerprint density at radius 1 is 1.11 bits per heavy atom. The number of carbonyl (C=O) groups excluding carboxylic acids is 1. The molecular weight excluding hydrogens is 530 g/mol. The van der Waals surface area contributed by atoms with Gasteiger partial charge in [-0.25, -0.2) is 0 Å². The highest BCUT2D eigenvalue weighted by molar-refractivity contribution is 8.26. The van der Waals surface area contributed by atoms with Crippen molar-refractivity contribution in [3.05, 3.63) is 69.8 Å². The Balaban J connectivity index is 1.58. The first-order chi connectivity index (χ1) is 18.2. The maximum Gasteiger partial charge on any atom is 0.346 e. The van der Waals surface area contributed by atoms with Gasteiger partial charge < -0.3 is 4.18 Å². The SMILES string of the molecule is CCCCCCCC1=NN2C(=N)/C(=C\c3ccccc3OS(=O)(=O)c3ccccc3[N+](=O)[O-])C(=O)N=C2S1. The number of thioether (sulfide) groups is 1. The van der Waals surface area contributed by atoms with Gasteiger partial charge in [-0.15, -0.1) is 0 Å². The molecule has 2 aromatic carbocycles. The summed E-state index contributed by atoms with van der Waals surface area (Å²) in [5.74, 6) is -1.02. The fourth-order valence-corrected chi connectivity index (χ4v) is 5.87. The number of para-hydroxylation sites is 2. The highest BCUT2D eigenvalue weighted by atomic mass is 32.2. The Morgan fingerprint density at radius 2 is 1.82 bits per heavy atom. The molecule has 11 nitrogen and oxygen atoms in total. The van der Waals surface area contributed by atoms with E-state index in [9.17, 15) is 23.3 Å². The van der Waals surface area contributed by atoms with Gasteiger partial charge >= 0.3 is 10.1 Å². The third-order valence-electron chi connectivity index (χ3n) is 5.74. The molecule has 0 saturated heterocycles. The van der Waals surface area contributed by atoms with E-state index in [1.165, 1.54) is 59.6 Å². The summed E-state index contributed by atoms with van der Waals surface area (Å²) in [7, 11) is -4.59. The third-order valence-corrected chi connectivity index (χ3v) is 7.99. The predicted octanol–water partition coefficient (Wildman–Crippen LogP) is 5.34. The van der Waals surface area contributed by atoms with Crippen molar-refractivity contribution in [2.24, 2.45) is 10.1 Å². The maximum absolute atomic E-state index is 12.9. The second kappa shape index (κ2) is 11.7. The lowest BCUT2D eigenvalue weighted by molar-refractivity contribution is -0.387. The number of nitro groups is 1. The summed E-state index contributed by atoms with van der Waals surface area (Å²) in [6.07, 6.45) is 7.54. The summed E-state index contributed by atoms with van der Waals surface area (Å²) >= 11 is 1.26. The topological polar surface area (TPSA) is 155 Å². The molecule has 1 N–H and O–H groups in total. The van der Waals surface area contributed by atoms with Crippen molar-refractivity contribution >= 4 is 55.6 Å². The minimum Gasteiger partial charge on any atom is -0.378 e. The molecule has 0 fully saturated rings. The molecule has 0 unspecified atom stereocenters. The molecule has 0 atom stereocenters. The Kier molecular flexibility index (Phi) is 8.37. The van der Waals surface area contributed by atoms with Gasteiger partial charge in [-0.1, -0.05) is 62.9 Å². The zero-order chi connectivity index (χ0) is 27.3. The lowest BCUT2D eigenvalue weighted by Gasteiger charge is -2.20. The molecule has 198 valence electrons. The third kappa shape index (κ3) is 6.00. The van der Waals surface area contributed by atoms with Gasteiger partial charge in [0.15, 0.2) is 10.7 Å². The van der Waals surface area contributed by atoms with Crippen molar-refractivity contribution in [2.45, 2.75) is 50.3 Å². The number of rotatable bonds is 11. The van der Waals surface area contributed by atoms with Crippen molar-refractivity contribution in [3.63, 3.8) is 0 Å². The number of amidine groups is 2. The second-order valence-electron chi connectivity index (χ2n) is 8.48. The number of hydrogen-bond donors (Lipinski definition) is 1. The molecule has 0 radical (unpaired) electrons. The summed E-state index contributed by atoms with van der Waals surface area (Å²) in [5.41, 5.74) is -0.546. The average molecular weight is 556 g/mol. The van der Waals surface area contributed by atoms with Gasteiger partial charge in [0.1, 0.15) is 10.8 Å². The van der Waals surface area contributed by atoms with Crippen molar-refractivity contribution in [3.8, 4) is 5.75 Å². The number of nitrogens with one attached hydrogen (secondary N) is 1. The zero-order valence-electron chi connectivity index (χ0n) is 20.5. The van der Waals surface area contributed by atoms with Gasteiger partial charge in [0.25, 0.3) is 11.6 Å². The van der Waals surface area contributed by atoms with Crippen LogP contribution in [0.25, 0.3) is 6.08 Å². The van der Waals surface area contributed by atoms with E-state index in [0.717, 1.165) is 49.3 Å². The number of amides is 1. The number of hydrazone groups is 1. The summed E-state index contributed by atoms with van der Waals surface area (Å²) in [5, 5.41) is 26.7. The fraction of sp³-hybridized carbons (Fsp3) is 0.280. The van der Waals surface area contributed by atoms with Crippen LogP contribution in [-0.4, -0.2) is 40.3 Å². The summed E-state index contributed by atoms with van der Waals surface area (Å²) in [4.78, 5) is 26.8. The monoisotopic (exact) mass is 555 g/mol. The number of benzene rings is 2. The number of carbonyl (C=O) groups is 1. The molecule has 0 aliphatic carbocycles. The Labute approximate surface area is 224 Å². The molecule has 0 bridgehead atoms. The summed E-state index contributed by atoms with van der Waals surface area (Å²) in [6, 6.07) is 10.8. The molecule has 2 aliphatic rings. The summed E-state index contributed by atoms with van der Waals surface area (Å²) in [6.45, 7) is 2.15. The number of hydrogen-bond acceptors (Lipinski definition) is 9. The van der Waals surface area contributed by atoms with Crippen LogP contribution in [0.2, 0.25) is 0 Å². The van der Waals surface area contributed by atoms with Crippen LogP contribution in [0.4, 0.5) is 5.69 Å². The van der Waals surface area contributed by atoms with E-state index in [0.29, 0.717) is 5.17 Å². The highest BCUT2D eigenvalue weighted by Gasteiger charge is 2.36. The number of nitro benzene ring substituents is 1. The minimum atomic E-state index is -4.59. The lowest BCUT2D eigenvalue weighted by atomic mass is 10.1. The predicted molar refractivity (Wildman–Crippen MR) is 146 cm³/mol. The number of nitrogens with zero attached hydrogens (tertiary/aromatic N) is 4. The van der Waals surface area contributed by atoms with Crippen LogP contribution < -0.4 is 4.18 Å². The molecule has 0 spiro atoms. The molecule has 0 aromatic heterocycles. The fourth-order valence-electron chi connectivity index (χ4n) is 3.83. The average Bonchev–Trinajstić information content (AvgIpc) is 3.30. The minimum absolute atomic E-state index is 0.0959. The van der Waals surface area contributed by atoms with Crippen molar-refractivity contribution in [1.82, 2.24) is 5.01 Å². The molecule has 1 amide bonds. The molecule has 2 heterocycles. The van der Waals surface area contributed by atoms with Crippen LogP contribution in [0.1, 0.15) is 51.0 Å². The van der Waals surface area contributed by atoms with E-state index in [2.05, 4.69) is 17.0 Å². The first kappa shape index (κ1) is 27.2. The molecule has 13 heteroatoms. The summed E-state index contributed by atoms with van der Waals surface area (Å²) < 4.78 is 31.1. The van der Waals surface area contributed by atoms with E-state index >= 15 is 0 Å². The van der Waals surface area contributed by atoms with E-state index in [1.54, 1.807) is 6.07 Å². The number of fused-ring (bicyclic) bond motifs is 1. The first-order valence-corrected chi connectivity index (χ1v) is 14.2. The molecule has 2 aromatic rings. The van der Waals surface area contributed by atoms with Crippen LogP contribution in [-0.2, 0) is 14.9 Å². The van der Waals surface area contributed by atoms with Crippen molar-refractivity contribution < 1.29 is 22.3 Å². The number of unbranched alkanes of at least 4 members (excludes halogenated alkanes) is 4. The van der Waals surface area contributed by atoms with Crippen molar-refractivity contribution in [1.29, 1.82) is 5.41 Å². The normalized spacial score (nSPS) is 16.3. The van der Waals surface area contributed by atoms with Gasteiger partial charge in [0.2, 0.25) is 5.17 Å². The molecule has 2 aliphatic heterocycles. The van der Waals surface area contributed by atoms with Crippen molar-refractivity contribution in [2.75, 3.05) is 0 Å². The van der Waals surface area contributed by atoms with E-state index in [-0.39, 0.29) is 22.7 Å². The van der Waals surface area contributed by atoms with Crippen LogP contribution in [0, 0.1) is 15.5 Å². The number of aliphatic imine (C=N–C) groups is 1. The molecular formula is C25H25N5O6S2. The Hall–Kier alpha value is -3.84. The molecule has 4 rings (SSSR count). The van der Waals surface area contributed by atoms with Crippen LogP contribution >= 0.6 is 11.8 Å². The van der Waals surface area contributed by atoms with E-state index in [4.69, 9.17) is 9.59 Å². The van der Waals surface area contributed by atoms with Gasteiger partial charge in [0, 0.05) is 11.6 Å². The molecule has 38 heavy (non-hydrogen) atoms. The van der Waals surface area contributed by atoms with Gasteiger partial charge in [-0.05, 0) is 42.8 Å². The lowest BCUT2D eigenvalue weighted by Crippen LogP contribution is -2.35. The zero-order valence-corrected chi connectivity index (χ0v) is 22.1. The van der Waals surface area contributed by atoms with Crippen LogP contribution in [0.5, 0.6) is 5.75 Å². The van der Waals surface area contributed by atoms with Crippen LogP contribution in [0.3, 0.4) is 0 Å². The Bertz CT molecular complexity index is 1480. The smallest absolute Gasteiger partial charge is 0.346 e.